The molecule has 0 aliphatic carbocycles. The third-order valence-corrected chi connectivity index (χ3v) is 5.58. The van der Waals surface area contributed by atoms with Gasteiger partial charge in [0.1, 0.15) is 17.7 Å². The molecule has 5 heteroatoms. The van der Waals surface area contributed by atoms with E-state index in [2.05, 4.69) is 0 Å². The fourth-order valence-corrected chi connectivity index (χ4v) is 3.65. The Hall–Kier alpha value is -2.99. The standard InChI is InChI=1S/C25H28N2O3/c1-25(30,20-16-10-5-11-17-20)23(26)24(29)27(2)21(18-12-6-3-7-13-18)22(28)19-14-8-4-9-15-19/h3-17,21-23,28,30H,26H2,1-2H3/t21-,22-,23-,25-/m1/s1. The van der Waals surface area contributed by atoms with E-state index in [9.17, 15) is 15.0 Å². The average molecular weight is 405 g/mol. The monoisotopic (exact) mass is 404 g/mol. The molecule has 30 heavy (non-hydrogen) atoms. The lowest BCUT2D eigenvalue weighted by Gasteiger charge is -2.37. The van der Waals surface area contributed by atoms with E-state index in [4.69, 9.17) is 5.73 Å². The van der Waals surface area contributed by atoms with E-state index < -0.39 is 29.7 Å². The van der Waals surface area contributed by atoms with Crippen molar-refractivity contribution in [2.75, 3.05) is 7.05 Å². The first-order valence-electron chi connectivity index (χ1n) is 9.92. The molecule has 0 unspecified atom stereocenters. The highest BCUT2D eigenvalue weighted by Gasteiger charge is 2.40. The van der Waals surface area contributed by atoms with Gasteiger partial charge >= 0.3 is 0 Å². The number of rotatable bonds is 7. The largest absolute Gasteiger partial charge is 0.386 e. The van der Waals surface area contributed by atoms with E-state index in [1.807, 2.05) is 66.7 Å². The summed E-state index contributed by atoms with van der Waals surface area (Å²) in [5.41, 5.74) is 6.71. The summed E-state index contributed by atoms with van der Waals surface area (Å²) in [6, 6.07) is 25.5. The molecule has 3 rings (SSSR count). The van der Waals surface area contributed by atoms with Crippen LogP contribution in [0.5, 0.6) is 0 Å². The van der Waals surface area contributed by atoms with Gasteiger partial charge in [-0.2, -0.15) is 0 Å². The smallest absolute Gasteiger partial charge is 0.243 e. The van der Waals surface area contributed by atoms with Crippen molar-refractivity contribution in [3.8, 4) is 0 Å². The quantitative estimate of drug-likeness (QED) is 0.565. The molecule has 4 N–H and O–H groups in total. The van der Waals surface area contributed by atoms with Gasteiger partial charge in [0.25, 0.3) is 0 Å². The molecule has 156 valence electrons. The first-order valence-corrected chi connectivity index (χ1v) is 9.92. The predicted molar refractivity (Wildman–Crippen MR) is 117 cm³/mol. The highest BCUT2D eigenvalue weighted by Crippen LogP contribution is 2.35. The predicted octanol–water partition coefficient (Wildman–Crippen LogP) is 3.15. The Morgan fingerprint density at radius 1 is 0.867 bits per heavy atom. The Kier molecular flexibility index (Phi) is 6.67. The minimum absolute atomic E-state index is 0.465. The van der Waals surface area contributed by atoms with Crippen LogP contribution in [0.15, 0.2) is 91.0 Å². The lowest BCUT2D eigenvalue weighted by Crippen LogP contribution is -2.54. The number of hydrogen-bond acceptors (Lipinski definition) is 4. The molecule has 0 aliphatic heterocycles. The number of nitrogens with two attached hydrogens (primary N) is 1. The van der Waals surface area contributed by atoms with Crippen LogP contribution in [0, 0.1) is 0 Å². The minimum Gasteiger partial charge on any atom is -0.386 e. The number of aliphatic hydroxyl groups is 2. The van der Waals surface area contributed by atoms with Gasteiger partial charge in [-0.1, -0.05) is 91.0 Å². The second-order valence-corrected chi connectivity index (χ2v) is 7.65. The van der Waals surface area contributed by atoms with Gasteiger partial charge in [-0.15, -0.1) is 0 Å². The maximum absolute atomic E-state index is 13.3. The summed E-state index contributed by atoms with van der Waals surface area (Å²) in [5.74, 6) is -0.465. The van der Waals surface area contributed by atoms with Gasteiger partial charge in [0.2, 0.25) is 5.91 Å². The summed E-state index contributed by atoms with van der Waals surface area (Å²) in [5, 5.41) is 22.2. The fraction of sp³-hybridized carbons (Fsp3) is 0.240. The maximum Gasteiger partial charge on any atom is 0.243 e. The van der Waals surface area contributed by atoms with Crippen molar-refractivity contribution in [1.29, 1.82) is 0 Å². The highest BCUT2D eigenvalue weighted by molar-refractivity contribution is 5.83. The zero-order chi connectivity index (χ0) is 21.7. The Morgan fingerprint density at radius 2 is 1.30 bits per heavy atom. The Bertz CT molecular complexity index is 946. The topological polar surface area (TPSA) is 86.8 Å². The van der Waals surface area contributed by atoms with Crippen LogP contribution in [0.4, 0.5) is 0 Å². The van der Waals surface area contributed by atoms with Crippen LogP contribution in [0.25, 0.3) is 0 Å². The van der Waals surface area contributed by atoms with Gasteiger partial charge in [-0.05, 0) is 23.6 Å². The molecular weight excluding hydrogens is 376 g/mol. The molecule has 0 saturated heterocycles. The second-order valence-electron chi connectivity index (χ2n) is 7.65. The number of hydrogen-bond donors (Lipinski definition) is 3. The van der Waals surface area contributed by atoms with Crippen LogP contribution in [-0.2, 0) is 10.4 Å². The Morgan fingerprint density at radius 3 is 1.80 bits per heavy atom. The fourth-order valence-electron chi connectivity index (χ4n) is 3.65. The Labute approximate surface area is 177 Å². The molecule has 0 radical (unpaired) electrons. The van der Waals surface area contributed by atoms with Gasteiger partial charge in [0.15, 0.2) is 0 Å². The minimum atomic E-state index is -1.56. The molecule has 0 spiro atoms. The first kappa shape index (κ1) is 21.7. The number of carbonyl (C=O) groups is 1. The third-order valence-electron chi connectivity index (χ3n) is 5.58. The SMILES string of the molecule is CN(C(=O)[C@@H](N)[C@](C)(O)c1ccccc1)[C@H](c1ccccc1)[C@H](O)c1ccccc1. The summed E-state index contributed by atoms with van der Waals surface area (Å²) in [6.07, 6.45) is -0.962. The number of nitrogens with zero attached hydrogens (tertiary/aromatic N) is 1. The molecule has 3 aromatic carbocycles. The molecule has 1 amide bonds. The Balaban J connectivity index is 1.94. The van der Waals surface area contributed by atoms with Gasteiger partial charge in [-0.25, -0.2) is 0 Å². The number of likely N-dealkylation sites (N-methyl/N-ethyl adjacent to an activating group) is 1. The van der Waals surface area contributed by atoms with Crippen molar-refractivity contribution < 1.29 is 15.0 Å². The lowest BCUT2D eigenvalue weighted by molar-refractivity contribution is -0.142. The van der Waals surface area contributed by atoms with Crippen molar-refractivity contribution in [2.24, 2.45) is 5.73 Å². The zero-order valence-electron chi connectivity index (χ0n) is 17.2. The maximum atomic E-state index is 13.3. The zero-order valence-corrected chi connectivity index (χ0v) is 17.2. The molecule has 0 bridgehead atoms. The molecular formula is C25H28N2O3. The molecule has 0 saturated carbocycles. The number of benzene rings is 3. The van der Waals surface area contributed by atoms with Crippen LogP contribution in [0.2, 0.25) is 0 Å². The molecule has 5 nitrogen and oxygen atoms in total. The van der Waals surface area contributed by atoms with Crippen molar-refractivity contribution in [2.45, 2.75) is 30.7 Å². The second kappa shape index (κ2) is 9.22. The van der Waals surface area contributed by atoms with E-state index in [0.29, 0.717) is 11.1 Å². The van der Waals surface area contributed by atoms with Crippen molar-refractivity contribution >= 4 is 5.91 Å². The van der Waals surface area contributed by atoms with Crippen LogP contribution in [0.1, 0.15) is 35.8 Å². The summed E-state index contributed by atoms with van der Waals surface area (Å²) in [4.78, 5) is 14.8. The summed E-state index contributed by atoms with van der Waals surface area (Å²) in [6.45, 7) is 1.53. The van der Waals surface area contributed by atoms with E-state index in [1.54, 1.807) is 31.3 Å². The van der Waals surface area contributed by atoms with Crippen LogP contribution >= 0.6 is 0 Å². The summed E-state index contributed by atoms with van der Waals surface area (Å²) in [7, 11) is 1.60. The van der Waals surface area contributed by atoms with E-state index in [-0.39, 0.29) is 0 Å². The summed E-state index contributed by atoms with van der Waals surface area (Å²) >= 11 is 0. The van der Waals surface area contributed by atoms with Crippen LogP contribution in [-0.4, -0.2) is 34.1 Å². The normalized spacial score (nSPS) is 16.2. The van der Waals surface area contributed by atoms with Crippen molar-refractivity contribution in [1.82, 2.24) is 4.90 Å². The van der Waals surface area contributed by atoms with Gasteiger partial charge in [0, 0.05) is 7.05 Å². The molecule has 0 aliphatic rings. The van der Waals surface area contributed by atoms with Gasteiger partial charge < -0.3 is 20.8 Å². The number of aliphatic hydroxyl groups excluding tert-OH is 1. The van der Waals surface area contributed by atoms with E-state index >= 15 is 0 Å². The molecule has 0 heterocycles. The van der Waals surface area contributed by atoms with Gasteiger partial charge in [-0.3, -0.25) is 4.79 Å². The lowest BCUT2D eigenvalue weighted by atomic mass is 9.87. The third kappa shape index (κ3) is 4.44. The highest BCUT2D eigenvalue weighted by atomic mass is 16.3. The van der Waals surface area contributed by atoms with E-state index in [1.165, 1.54) is 11.8 Å². The molecule has 0 fully saturated rings. The number of amides is 1. The number of carbonyl (C=O) groups excluding carboxylic acids is 1. The van der Waals surface area contributed by atoms with Crippen molar-refractivity contribution in [3.05, 3.63) is 108 Å². The van der Waals surface area contributed by atoms with Crippen molar-refractivity contribution in [3.63, 3.8) is 0 Å². The first-order chi connectivity index (χ1) is 14.3. The summed E-state index contributed by atoms with van der Waals surface area (Å²) < 4.78 is 0. The van der Waals surface area contributed by atoms with E-state index in [0.717, 1.165) is 5.56 Å². The van der Waals surface area contributed by atoms with Crippen LogP contribution < -0.4 is 5.73 Å². The molecule has 3 aromatic rings. The molecule has 4 atom stereocenters. The van der Waals surface area contributed by atoms with Gasteiger partial charge in [0.05, 0.1) is 6.04 Å². The molecule has 0 aromatic heterocycles. The van der Waals surface area contributed by atoms with Crippen LogP contribution in [0.3, 0.4) is 0 Å². The average Bonchev–Trinajstić information content (AvgIpc) is 2.80.